The molecule has 0 fully saturated rings. The molecule has 1 aromatic rings. The van der Waals surface area contributed by atoms with Crippen molar-refractivity contribution in [2.24, 2.45) is 0 Å². The highest BCUT2D eigenvalue weighted by Crippen LogP contribution is 2.12. The Kier molecular flexibility index (Phi) is 5.84. The fourth-order valence-corrected chi connectivity index (χ4v) is 3.46. The molecule has 0 aliphatic heterocycles. The van der Waals surface area contributed by atoms with Gasteiger partial charge in [-0.1, -0.05) is 6.92 Å². The summed E-state index contributed by atoms with van der Waals surface area (Å²) in [6.07, 6.45) is 0. The molecule has 0 aromatic heterocycles. The Labute approximate surface area is 117 Å². The van der Waals surface area contributed by atoms with Gasteiger partial charge in [-0.3, -0.25) is 0 Å². The number of carboxylic acid groups (broad SMARTS) is 1. The van der Waals surface area contributed by atoms with Gasteiger partial charge in [0.1, 0.15) is 0 Å². The monoisotopic (exact) mass is 303 g/mol. The average molecular weight is 303 g/mol. The third-order valence-electron chi connectivity index (χ3n) is 2.34. The van der Waals surface area contributed by atoms with E-state index in [4.69, 9.17) is 5.11 Å². The Morgan fingerprint density at radius 3 is 2.42 bits per heavy atom. The molecule has 19 heavy (non-hydrogen) atoms. The topological polar surface area (TPSA) is 83.5 Å². The predicted molar refractivity (Wildman–Crippen MR) is 76.2 cm³/mol. The van der Waals surface area contributed by atoms with E-state index in [-0.39, 0.29) is 16.5 Å². The summed E-state index contributed by atoms with van der Waals surface area (Å²) in [5.41, 5.74) is 0.0635. The van der Waals surface area contributed by atoms with Crippen molar-refractivity contribution in [2.45, 2.75) is 24.8 Å². The Hall–Kier alpha value is -1.05. The van der Waals surface area contributed by atoms with Gasteiger partial charge in [0.2, 0.25) is 10.0 Å². The second kappa shape index (κ2) is 6.93. The van der Waals surface area contributed by atoms with Crippen molar-refractivity contribution in [3.63, 3.8) is 0 Å². The van der Waals surface area contributed by atoms with E-state index in [0.717, 1.165) is 5.75 Å². The lowest BCUT2D eigenvalue weighted by atomic mass is 10.2. The van der Waals surface area contributed by atoms with Crippen molar-refractivity contribution in [1.82, 2.24) is 4.72 Å². The van der Waals surface area contributed by atoms with E-state index >= 15 is 0 Å². The summed E-state index contributed by atoms with van der Waals surface area (Å²) in [5, 5.41) is 8.75. The fraction of sp³-hybridized carbons (Fsp3) is 0.417. The van der Waals surface area contributed by atoms with Gasteiger partial charge in [0, 0.05) is 11.8 Å². The number of nitrogens with one attached hydrogen (secondary N) is 1. The maximum absolute atomic E-state index is 12.0. The number of hydrogen-bond donors (Lipinski definition) is 2. The summed E-state index contributed by atoms with van der Waals surface area (Å²) < 4.78 is 26.6. The van der Waals surface area contributed by atoms with Gasteiger partial charge in [-0.25, -0.2) is 17.9 Å². The molecule has 1 aromatic carbocycles. The molecule has 5 nitrogen and oxygen atoms in total. The highest BCUT2D eigenvalue weighted by molar-refractivity contribution is 7.99. The van der Waals surface area contributed by atoms with Crippen molar-refractivity contribution in [1.29, 1.82) is 0 Å². The van der Waals surface area contributed by atoms with Gasteiger partial charge in [0.05, 0.1) is 10.5 Å². The lowest BCUT2D eigenvalue weighted by Gasteiger charge is -2.13. The van der Waals surface area contributed by atoms with Crippen LogP contribution in [0.15, 0.2) is 29.2 Å². The Bertz CT molecular complexity index is 525. The fourth-order valence-electron chi connectivity index (χ4n) is 1.44. The molecular weight excluding hydrogens is 286 g/mol. The maximum Gasteiger partial charge on any atom is 0.335 e. The third-order valence-corrected chi connectivity index (χ3v) is 5.09. The van der Waals surface area contributed by atoms with Crippen molar-refractivity contribution >= 4 is 27.8 Å². The van der Waals surface area contributed by atoms with Crippen LogP contribution in [0.25, 0.3) is 0 Å². The molecule has 1 atom stereocenters. The highest BCUT2D eigenvalue weighted by Gasteiger charge is 2.17. The molecule has 0 amide bonds. The van der Waals surface area contributed by atoms with Crippen LogP contribution in [-0.4, -0.2) is 37.0 Å². The van der Waals surface area contributed by atoms with Crippen LogP contribution in [0.1, 0.15) is 24.2 Å². The molecule has 106 valence electrons. The minimum atomic E-state index is -3.59. The average Bonchev–Trinajstić information content (AvgIpc) is 2.36. The van der Waals surface area contributed by atoms with Crippen molar-refractivity contribution in [2.75, 3.05) is 11.5 Å². The van der Waals surface area contributed by atoms with Gasteiger partial charge >= 0.3 is 5.97 Å². The zero-order valence-electron chi connectivity index (χ0n) is 10.8. The number of hydrogen-bond acceptors (Lipinski definition) is 4. The second-order valence-electron chi connectivity index (χ2n) is 4.01. The lowest BCUT2D eigenvalue weighted by Crippen LogP contribution is -2.34. The zero-order valence-corrected chi connectivity index (χ0v) is 12.4. The molecule has 1 rings (SSSR count). The highest BCUT2D eigenvalue weighted by atomic mass is 32.2. The molecule has 0 saturated heterocycles. The minimum Gasteiger partial charge on any atom is -0.478 e. The first kappa shape index (κ1) is 16.0. The van der Waals surface area contributed by atoms with Crippen molar-refractivity contribution < 1.29 is 18.3 Å². The van der Waals surface area contributed by atoms with Crippen LogP contribution in [0.4, 0.5) is 0 Å². The van der Waals surface area contributed by atoms with Gasteiger partial charge in [-0.2, -0.15) is 11.8 Å². The van der Waals surface area contributed by atoms with E-state index in [1.807, 2.05) is 6.92 Å². The summed E-state index contributed by atoms with van der Waals surface area (Å²) in [6, 6.07) is 4.98. The summed E-state index contributed by atoms with van der Waals surface area (Å²) in [7, 11) is -3.59. The lowest BCUT2D eigenvalue weighted by molar-refractivity contribution is 0.0696. The molecule has 0 radical (unpaired) electrons. The van der Waals surface area contributed by atoms with Gasteiger partial charge in [0.15, 0.2) is 0 Å². The number of benzene rings is 1. The Morgan fingerprint density at radius 2 is 1.95 bits per heavy atom. The predicted octanol–water partition coefficient (Wildman–Crippen LogP) is 1.80. The SMILES string of the molecule is CCSCC(C)NS(=O)(=O)c1ccc(C(=O)O)cc1. The van der Waals surface area contributed by atoms with Gasteiger partial charge < -0.3 is 5.11 Å². The first-order valence-corrected chi connectivity index (χ1v) is 8.44. The van der Waals surface area contributed by atoms with Crippen LogP contribution < -0.4 is 4.72 Å². The Balaban J connectivity index is 2.79. The van der Waals surface area contributed by atoms with Gasteiger partial charge in [-0.05, 0) is 36.9 Å². The van der Waals surface area contributed by atoms with Crippen LogP contribution in [-0.2, 0) is 10.0 Å². The molecular formula is C12H17NO4S2. The number of carboxylic acids is 1. The molecule has 0 heterocycles. The Morgan fingerprint density at radius 1 is 1.37 bits per heavy atom. The molecule has 7 heteroatoms. The number of rotatable bonds is 7. The number of carbonyl (C=O) groups is 1. The maximum atomic E-state index is 12.0. The normalized spacial score (nSPS) is 13.2. The molecule has 0 bridgehead atoms. The third kappa shape index (κ3) is 4.85. The molecule has 1 unspecified atom stereocenters. The summed E-state index contributed by atoms with van der Waals surface area (Å²) in [4.78, 5) is 10.8. The standard InChI is InChI=1S/C12H17NO4S2/c1-3-18-8-9(2)13-19(16,17)11-6-4-10(5-7-11)12(14)15/h4-7,9,13H,3,8H2,1-2H3,(H,14,15). The van der Waals surface area contributed by atoms with E-state index in [2.05, 4.69) is 4.72 Å². The zero-order chi connectivity index (χ0) is 14.5. The number of thioether (sulfide) groups is 1. The minimum absolute atomic E-state index is 0.0635. The first-order chi connectivity index (χ1) is 8.86. The second-order valence-corrected chi connectivity index (χ2v) is 7.04. The van der Waals surface area contributed by atoms with Crippen molar-refractivity contribution in [3.8, 4) is 0 Å². The number of sulfonamides is 1. The van der Waals surface area contributed by atoms with Crippen molar-refractivity contribution in [3.05, 3.63) is 29.8 Å². The molecule has 0 aliphatic rings. The quantitative estimate of drug-likeness (QED) is 0.802. The smallest absolute Gasteiger partial charge is 0.335 e. The van der Waals surface area contributed by atoms with Crippen LogP contribution in [0, 0.1) is 0 Å². The summed E-state index contributed by atoms with van der Waals surface area (Å²) in [6.45, 7) is 3.81. The van der Waals surface area contributed by atoms with E-state index in [0.29, 0.717) is 5.75 Å². The van der Waals surface area contributed by atoms with Crippen LogP contribution in [0.3, 0.4) is 0 Å². The van der Waals surface area contributed by atoms with Gasteiger partial charge in [0.25, 0.3) is 0 Å². The van der Waals surface area contributed by atoms with Crippen LogP contribution in [0.5, 0.6) is 0 Å². The first-order valence-electron chi connectivity index (χ1n) is 5.80. The van der Waals surface area contributed by atoms with E-state index in [9.17, 15) is 13.2 Å². The molecule has 0 saturated carbocycles. The summed E-state index contributed by atoms with van der Waals surface area (Å²) >= 11 is 1.65. The van der Waals surface area contributed by atoms with Crippen LogP contribution in [0.2, 0.25) is 0 Å². The molecule has 0 spiro atoms. The van der Waals surface area contributed by atoms with Gasteiger partial charge in [-0.15, -0.1) is 0 Å². The summed E-state index contributed by atoms with van der Waals surface area (Å²) in [5.74, 6) is 0.548. The van der Waals surface area contributed by atoms with E-state index in [1.165, 1.54) is 24.3 Å². The van der Waals surface area contributed by atoms with E-state index in [1.54, 1.807) is 18.7 Å². The number of aromatic carboxylic acids is 1. The van der Waals surface area contributed by atoms with E-state index < -0.39 is 16.0 Å². The molecule has 2 N–H and O–H groups in total. The van der Waals surface area contributed by atoms with Crippen LogP contribution >= 0.6 is 11.8 Å². The molecule has 0 aliphatic carbocycles. The largest absolute Gasteiger partial charge is 0.478 e.